The molecular formula is C30H16Br2Cl2N4O5. The molecule has 0 bridgehead atoms. The van der Waals surface area contributed by atoms with Crippen LogP contribution in [0.25, 0.3) is 33.5 Å². The zero-order valence-corrected chi connectivity index (χ0v) is 26.3. The summed E-state index contributed by atoms with van der Waals surface area (Å²) in [5, 5.41) is 17.9. The molecule has 0 aliphatic carbocycles. The molecule has 0 atom stereocenters. The molecule has 0 unspecified atom stereocenters. The van der Waals surface area contributed by atoms with Crippen molar-refractivity contribution in [3.63, 3.8) is 0 Å². The standard InChI is InChI=1S/C30H16Br2Cl2N4O5/c31-19-6-5-17(22(32)13-19)15-42-28-23(34)9-16(10-25(28)38(40)41)14-35-37-29(36-24-4-2-1-3-21(24)30(37)39)27-12-18-11-20(33)7-8-26(18)43-27/h1-14H,15H2. The molecule has 43 heavy (non-hydrogen) atoms. The third-order valence-electron chi connectivity index (χ3n) is 6.40. The summed E-state index contributed by atoms with van der Waals surface area (Å²) in [5.41, 5.74) is 1.20. The highest BCUT2D eigenvalue weighted by Gasteiger charge is 2.22. The normalized spacial score (nSPS) is 11.5. The van der Waals surface area contributed by atoms with E-state index in [2.05, 4.69) is 41.9 Å². The van der Waals surface area contributed by atoms with Gasteiger partial charge in [-0.05, 0) is 54.6 Å². The van der Waals surface area contributed by atoms with Crippen LogP contribution in [0, 0.1) is 10.1 Å². The number of nitro benzene ring substituents is 1. The number of benzene rings is 4. The van der Waals surface area contributed by atoms with Gasteiger partial charge in [-0.25, -0.2) is 4.98 Å². The van der Waals surface area contributed by atoms with E-state index in [1.54, 1.807) is 48.5 Å². The van der Waals surface area contributed by atoms with E-state index in [0.29, 0.717) is 26.9 Å². The molecule has 0 spiro atoms. The van der Waals surface area contributed by atoms with Crippen LogP contribution in [0.1, 0.15) is 11.1 Å². The summed E-state index contributed by atoms with van der Waals surface area (Å²) in [6.07, 6.45) is 1.29. The van der Waals surface area contributed by atoms with Crippen molar-refractivity contribution in [2.24, 2.45) is 5.10 Å². The maximum absolute atomic E-state index is 13.6. The fourth-order valence-corrected chi connectivity index (χ4v) is 6.00. The summed E-state index contributed by atoms with van der Waals surface area (Å²) in [7, 11) is 0. The van der Waals surface area contributed by atoms with Crippen molar-refractivity contribution in [1.29, 1.82) is 0 Å². The fraction of sp³-hybridized carbons (Fsp3) is 0.0333. The van der Waals surface area contributed by atoms with Gasteiger partial charge >= 0.3 is 5.69 Å². The Morgan fingerprint density at radius 2 is 1.86 bits per heavy atom. The molecule has 2 heterocycles. The number of furan rings is 1. The highest BCUT2D eigenvalue weighted by atomic mass is 79.9. The van der Waals surface area contributed by atoms with Crippen LogP contribution < -0.4 is 10.3 Å². The second-order valence-electron chi connectivity index (χ2n) is 9.24. The number of hydrogen-bond acceptors (Lipinski definition) is 7. The van der Waals surface area contributed by atoms with E-state index in [1.807, 2.05) is 18.2 Å². The molecule has 6 aromatic rings. The number of fused-ring (bicyclic) bond motifs is 2. The molecule has 0 fully saturated rings. The van der Waals surface area contributed by atoms with Crippen LogP contribution in [-0.2, 0) is 6.61 Å². The molecular weight excluding hydrogens is 727 g/mol. The summed E-state index contributed by atoms with van der Waals surface area (Å²) >= 11 is 19.5. The topological polar surface area (TPSA) is 113 Å². The highest BCUT2D eigenvalue weighted by Crippen LogP contribution is 2.37. The Hall–Kier alpha value is -4.03. The average molecular weight is 743 g/mol. The number of nitro groups is 1. The van der Waals surface area contributed by atoms with Crippen molar-refractivity contribution in [3.8, 4) is 17.3 Å². The summed E-state index contributed by atoms with van der Waals surface area (Å²) in [6.45, 7) is 0.0338. The van der Waals surface area contributed by atoms with Gasteiger partial charge in [-0.3, -0.25) is 14.9 Å². The molecule has 0 saturated carbocycles. The Balaban J connectivity index is 1.41. The molecule has 0 N–H and O–H groups in total. The second kappa shape index (κ2) is 11.9. The van der Waals surface area contributed by atoms with E-state index in [1.165, 1.54) is 18.3 Å². The van der Waals surface area contributed by atoms with Gasteiger partial charge in [0.1, 0.15) is 12.2 Å². The van der Waals surface area contributed by atoms with E-state index in [9.17, 15) is 14.9 Å². The first-order valence-corrected chi connectivity index (χ1v) is 14.8. The van der Waals surface area contributed by atoms with Crippen molar-refractivity contribution in [3.05, 3.63) is 129 Å². The lowest BCUT2D eigenvalue weighted by atomic mass is 10.2. The Morgan fingerprint density at radius 3 is 2.65 bits per heavy atom. The minimum atomic E-state index is -0.593. The van der Waals surface area contributed by atoms with Gasteiger partial charge in [0.15, 0.2) is 5.76 Å². The van der Waals surface area contributed by atoms with E-state index in [0.717, 1.165) is 19.2 Å². The lowest BCUT2D eigenvalue weighted by Gasteiger charge is -2.11. The fourth-order valence-electron chi connectivity index (χ4n) is 4.38. The molecule has 0 aliphatic heterocycles. The molecule has 2 aromatic heterocycles. The predicted molar refractivity (Wildman–Crippen MR) is 173 cm³/mol. The zero-order chi connectivity index (χ0) is 30.2. The van der Waals surface area contributed by atoms with Crippen molar-refractivity contribution in [2.75, 3.05) is 0 Å². The van der Waals surface area contributed by atoms with Gasteiger partial charge in [0.2, 0.25) is 11.6 Å². The average Bonchev–Trinajstić information content (AvgIpc) is 3.39. The summed E-state index contributed by atoms with van der Waals surface area (Å²) in [4.78, 5) is 29.6. The number of nitrogens with zero attached hydrogens (tertiary/aromatic N) is 4. The van der Waals surface area contributed by atoms with E-state index >= 15 is 0 Å². The van der Waals surface area contributed by atoms with E-state index in [-0.39, 0.29) is 40.2 Å². The van der Waals surface area contributed by atoms with Crippen molar-refractivity contribution in [1.82, 2.24) is 9.66 Å². The van der Waals surface area contributed by atoms with Crippen LogP contribution in [0.5, 0.6) is 5.75 Å². The number of aromatic nitrogens is 2. The van der Waals surface area contributed by atoms with Crippen molar-refractivity contribution >= 4 is 88.8 Å². The predicted octanol–water partition coefficient (Wildman–Crippen LogP) is 9.01. The van der Waals surface area contributed by atoms with E-state index in [4.69, 9.17) is 32.4 Å². The van der Waals surface area contributed by atoms with Crippen LogP contribution in [0.3, 0.4) is 0 Å². The first-order chi connectivity index (χ1) is 20.7. The molecule has 0 amide bonds. The third-order valence-corrected chi connectivity index (χ3v) is 8.15. The molecule has 4 aromatic carbocycles. The monoisotopic (exact) mass is 740 g/mol. The largest absolute Gasteiger partial charge is 0.481 e. The Kier molecular flexibility index (Phi) is 8.06. The van der Waals surface area contributed by atoms with Gasteiger partial charge in [0.25, 0.3) is 5.56 Å². The number of hydrogen-bond donors (Lipinski definition) is 0. The maximum atomic E-state index is 13.6. The van der Waals surface area contributed by atoms with E-state index < -0.39 is 10.5 Å². The third kappa shape index (κ3) is 5.94. The maximum Gasteiger partial charge on any atom is 0.313 e. The van der Waals surface area contributed by atoms with Crippen LogP contribution in [-0.4, -0.2) is 20.8 Å². The summed E-state index contributed by atoms with van der Waals surface area (Å²) < 4.78 is 14.5. The highest BCUT2D eigenvalue weighted by molar-refractivity contribution is 9.11. The minimum absolute atomic E-state index is 0.00209. The lowest BCUT2D eigenvalue weighted by Crippen LogP contribution is -2.20. The first-order valence-electron chi connectivity index (χ1n) is 12.5. The molecule has 214 valence electrons. The van der Waals surface area contributed by atoms with Crippen molar-refractivity contribution < 1.29 is 14.1 Å². The van der Waals surface area contributed by atoms with Crippen LogP contribution >= 0.6 is 55.1 Å². The van der Waals surface area contributed by atoms with Crippen LogP contribution in [0.15, 0.2) is 102 Å². The molecule has 9 nitrogen and oxygen atoms in total. The number of ether oxygens (including phenoxy) is 1. The van der Waals surface area contributed by atoms with Gasteiger partial charge in [0, 0.05) is 36.5 Å². The lowest BCUT2D eigenvalue weighted by molar-refractivity contribution is -0.385. The Labute approximate surface area is 269 Å². The number of rotatable bonds is 7. The molecule has 6 rings (SSSR count). The zero-order valence-electron chi connectivity index (χ0n) is 21.6. The molecule has 13 heteroatoms. The van der Waals surface area contributed by atoms with Crippen molar-refractivity contribution in [2.45, 2.75) is 6.61 Å². The van der Waals surface area contributed by atoms with Gasteiger partial charge in [-0.1, -0.05) is 73.3 Å². The van der Waals surface area contributed by atoms with Crippen LogP contribution in [0.2, 0.25) is 10.0 Å². The quantitative estimate of drug-likeness (QED) is 0.0917. The summed E-state index contributed by atoms with van der Waals surface area (Å²) in [6, 6.07) is 21.9. The SMILES string of the molecule is O=c1c2ccccc2nc(-c2cc3cc(Cl)ccc3o2)n1N=Cc1cc(Cl)c(OCc2ccc(Br)cc2Br)c([N+](=O)[O-])c1. The van der Waals surface area contributed by atoms with Gasteiger partial charge in [-0.2, -0.15) is 9.78 Å². The molecule has 0 aliphatic rings. The second-order valence-corrected chi connectivity index (χ2v) is 11.9. The van der Waals surface area contributed by atoms with Gasteiger partial charge in [0.05, 0.1) is 27.1 Å². The van der Waals surface area contributed by atoms with Crippen LogP contribution in [0.4, 0.5) is 5.69 Å². The number of halogens is 4. The Bertz CT molecular complexity index is 2160. The Morgan fingerprint density at radius 1 is 1.05 bits per heavy atom. The molecule has 0 radical (unpaired) electrons. The first kappa shape index (κ1) is 29.1. The van der Waals surface area contributed by atoms with Gasteiger partial charge < -0.3 is 9.15 Å². The van der Waals surface area contributed by atoms with Gasteiger partial charge in [-0.15, -0.1) is 0 Å². The minimum Gasteiger partial charge on any atom is -0.481 e. The smallest absolute Gasteiger partial charge is 0.313 e. The summed E-state index contributed by atoms with van der Waals surface area (Å²) in [5.74, 6) is 0.321. The molecule has 0 saturated heterocycles. The number of para-hydroxylation sites is 1.